The molecule has 1 aliphatic rings. The van der Waals surface area contributed by atoms with E-state index in [9.17, 15) is 8.42 Å². The topological polar surface area (TPSA) is 67.4 Å². The zero-order chi connectivity index (χ0) is 14.4. The summed E-state index contributed by atoms with van der Waals surface area (Å²) in [6.07, 6.45) is 3.09. The van der Waals surface area contributed by atoms with Crippen LogP contribution in [0.15, 0.2) is 24.3 Å². The standard InChI is InChI=1S/C14H22N2O3S/c1-19-14-5-2-4-12(10-14)11-16-20(17,18)9-3-8-15-13-6-7-13/h2,4-5,10,13,15-16H,3,6-9,11H2,1H3. The van der Waals surface area contributed by atoms with Gasteiger partial charge in [-0.3, -0.25) is 0 Å². The molecule has 0 atom stereocenters. The smallest absolute Gasteiger partial charge is 0.211 e. The van der Waals surface area contributed by atoms with Crippen molar-refractivity contribution in [2.45, 2.75) is 31.8 Å². The molecule has 6 heteroatoms. The Balaban J connectivity index is 1.72. The van der Waals surface area contributed by atoms with Gasteiger partial charge in [0.15, 0.2) is 0 Å². The first kappa shape index (κ1) is 15.3. The van der Waals surface area contributed by atoms with Crippen molar-refractivity contribution in [3.63, 3.8) is 0 Å². The largest absolute Gasteiger partial charge is 0.497 e. The van der Waals surface area contributed by atoms with Crippen molar-refractivity contribution in [3.8, 4) is 5.75 Å². The molecule has 5 nitrogen and oxygen atoms in total. The molecule has 20 heavy (non-hydrogen) atoms. The molecule has 1 fully saturated rings. The highest BCUT2D eigenvalue weighted by Crippen LogP contribution is 2.18. The second kappa shape index (κ2) is 7.06. The number of hydrogen-bond donors (Lipinski definition) is 2. The molecule has 2 N–H and O–H groups in total. The van der Waals surface area contributed by atoms with Crippen LogP contribution in [0.4, 0.5) is 0 Å². The van der Waals surface area contributed by atoms with E-state index in [4.69, 9.17) is 4.74 Å². The maximum absolute atomic E-state index is 11.8. The van der Waals surface area contributed by atoms with Crippen LogP contribution >= 0.6 is 0 Å². The Kier molecular flexibility index (Phi) is 5.39. The lowest BCUT2D eigenvalue weighted by atomic mass is 10.2. The summed E-state index contributed by atoms with van der Waals surface area (Å²) in [7, 11) is -1.61. The molecule has 1 saturated carbocycles. The maximum Gasteiger partial charge on any atom is 0.211 e. The second-order valence-electron chi connectivity index (χ2n) is 5.07. The fourth-order valence-corrected chi connectivity index (χ4v) is 2.96. The average Bonchev–Trinajstić information content (AvgIpc) is 3.26. The van der Waals surface area contributed by atoms with E-state index >= 15 is 0 Å². The quantitative estimate of drug-likeness (QED) is 0.674. The van der Waals surface area contributed by atoms with E-state index < -0.39 is 10.0 Å². The fraction of sp³-hybridized carbons (Fsp3) is 0.571. The first-order chi connectivity index (χ1) is 9.59. The first-order valence-electron chi connectivity index (χ1n) is 6.93. The Morgan fingerprint density at radius 2 is 2.15 bits per heavy atom. The summed E-state index contributed by atoms with van der Waals surface area (Å²) in [6.45, 7) is 1.07. The molecule has 0 bridgehead atoms. The van der Waals surface area contributed by atoms with Crippen molar-refractivity contribution in [1.82, 2.24) is 10.0 Å². The number of nitrogens with one attached hydrogen (secondary N) is 2. The van der Waals surface area contributed by atoms with E-state index in [1.165, 1.54) is 12.8 Å². The molecule has 0 aliphatic heterocycles. The van der Waals surface area contributed by atoms with Crippen LogP contribution in [0.3, 0.4) is 0 Å². The molecule has 112 valence electrons. The van der Waals surface area contributed by atoms with Gasteiger partial charge in [0.2, 0.25) is 10.0 Å². The van der Waals surface area contributed by atoms with E-state index in [0.717, 1.165) is 17.9 Å². The summed E-state index contributed by atoms with van der Waals surface area (Å²) in [5, 5.41) is 3.31. The molecule has 0 radical (unpaired) electrons. The van der Waals surface area contributed by atoms with Crippen LogP contribution in [-0.4, -0.2) is 33.9 Å². The minimum atomic E-state index is -3.21. The second-order valence-corrected chi connectivity index (χ2v) is 7.00. The Hall–Kier alpha value is -1.11. The van der Waals surface area contributed by atoms with Crippen molar-refractivity contribution in [2.75, 3.05) is 19.4 Å². The van der Waals surface area contributed by atoms with Gasteiger partial charge in [0.05, 0.1) is 12.9 Å². The Bertz CT molecular complexity index is 527. The molecule has 1 aliphatic carbocycles. The van der Waals surface area contributed by atoms with Gasteiger partial charge in [-0.05, 0) is 43.5 Å². The summed E-state index contributed by atoms with van der Waals surface area (Å²) in [5.41, 5.74) is 0.893. The fourth-order valence-electron chi connectivity index (χ4n) is 1.90. The van der Waals surface area contributed by atoms with Crippen molar-refractivity contribution in [3.05, 3.63) is 29.8 Å². The van der Waals surface area contributed by atoms with Crippen LogP contribution in [0.2, 0.25) is 0 Å². The third kappa shape index (κ3) is 5.48. The maximum atomic E-state index is 11.8. The molecule has 0 amide bonds. The SMILES string of the molecule is COc1cccc(CNS(=O)(=O)CCCNC2CC2)c1. The normalized spacial score (nSPS) is 15.2. The minimum Gasteiger partial charge on any atom is -0.497 e. The predicted octanol–water partition coefficient (Wildman–Crippen LogP) is 1.26. The van der Waals surface area contributed by atoms with Crippen LogP contribution in [0.25, 0.3) is 0 Å². The van der Waals surface area contributed by atoms with Gasteiger partial charge < -0.3 is 10.1 Å². The highest BCUT2D eigenvalue weighted by Gasteiger charge is 2.20. The molecule has 0 aromatic heterocycles. The van der Waals surface area contributed by atoms with E-state index in [0.29, 0.717) is 19.0 Å². The van der Waals surface area contributed by atoms with Crippen molar-refractivity contribution in [2.24, 2.45) is 0 Å². The van der Waals surface area contributed by atoms with Gasteiger partial charge in [0, 0.05) is 12.6 Å². The highest BCUT2D eigenvalue weighted by atomic mass is 32.2. The van der Waals surface area contributed by atoms with Crippen molar-refractivity contribution < 1.29 is 13.2 Å². The molecule has 0 heterocycles. The number of methoxy groups -OCH3 is 1. The number of ether oxygens (including phenoxy) is 1. The van der Waals surface area contributed by atoms with E-state index in [-0.39, 0.29) is 5.75 Å². The molecule has 0 saturated heterocycles. The lowest BCUT2D eigenvalue weighted by Crippen LogP contribution is -2.28. The average molecular weight is 298 g/mol. The summed E-state index contributed by atoms with van der Waals surface area (Å²) in [6, 6.07) is 8.02. The Morgan fingerprint density at radius 1 is 1.35 bits per heavy atom. The summed E-state index contributed by atoms with van der Waals surface area (Å²) in [4.78, 5) is 0. The Morgan fingerprint density at radius 3 is 2.85 bits per heavy atom. The molecule has 0 spiro atoms. The summed E-state index contributed by atoms with van der Waals surface area (Å²) in [5.74, 6) is 0.895. The molecule has 2 rings (SSSR count). The van der Waals surface area contributed by atoms with Gasteiger partial charge in [-0.2, -0.15) is 0 Å². The van der Waals surface area contributed by atoms with E-state index in [2.05, 4.69) is 10.0 Å². The molecule has 1 aromatic carbocycles. The monoisotopic (exact) mass is 298 g/mol. The van der Waals surface area contributed by atoms with Crippen LogP contribution in [0.5, 0.6) is 5.75 Å². The zero-order valence-corrected chi connectivity index (χ0v) is 12.6. The first-order valence-corrected chi connectivity index (χ1v) is 8.58. The van der Waals surface area contributed by atoms with Crippen molar-refractivity contribution >= 4 is 10.0 Å². The van der Waals surface area contributed by atoms with E-state index in [1.54, 1.807) is 7.11 Å². The predicted molar refractivity (Wildman–Crippen MR) is 79.3 cm³/mol. The summed E-state index contributed by atoms with van der Waals surface area (Å²) >= 11 is 0. The summed E-state index contributed by atoms with van der Waals surface area (Å²) < 4.78 is 31.4. The third-order valence-corrected chi connectivity index (χ3v) is 4.64. The zero-order valence-electron chi connectivity index (χ0n) is 11.8. The lowest BCUT2D eigenvalue weighted by molar-refractivity contribution is 0.414. The van der Waals surface area contributed by atoms with Gasteiger partial charge in [0.25, 0.3) is 0 Å². The molecule has 1 aromatic rings. The number of hydrogen-bond acceptors (Lipinski definition) is 4. The molecule has 0 unspecified atom stereocenters. The van der Waals surface area contributed by atoms with Crippen LogP contribution in [-0.2, 0) is 16.6 Å². The lowest BCUT2D eigenvalue weighted by Gasteiger charge is -2.08. The Labute approximate surface area is 120 Å². The van der Waals surface area contributed by atoms with Crippen LogP contribution in [0.1, 0.15) is 24.8 Å². The molecular weight excluding hydrogens is 276 g/mol. The van der Waals surface area contributed by atoms with Gasteiger partial charge in [-0.1, -0.05) is 12.1 Å². The van der Waals surface area contributed by atoms with Gasteiger partial charge in [-0.25, -0.2) is 13.1 Å². The van der Waals surface area contributed by atoms with E-state index in [1.807, 2.05) is 24.3 Å². The third-order valence-electron chi connectivity index (χ3n) is 3.23. The highest BCUT2D eigenvalue weighted by molar-refractivity contribution is 7.89. The van der Waals surface area contributed by atoms with Gasteiger partial charge in [0.1, 0.15) is 5.75 Å². The minimum absolute atomic E-state index is 0.163. The van der Waals surface area contributed by atoms with Crippen LogP contribution < -0.4 is 14.8 Å². The number of sulfonamides is 1. The molecular formula is C14H22N2O3S. The van der Waals surface area contributed by atoms with Gasteiger partial charge >= 0.3 is 0 Å². The van der Waals surface area contributed by atoms with Crippen LogP contribution in [0, 0.1) is 0 Å². The van der Waals surface area contributed by atoms with Gasteiger partial charge in [-0.15, -0.1) is 0 Å². The number of benzene rings is 1. The number of rotatable bonds is 9. The van der Waals surface area contributed by atoms with Crippen molar-refractivity contribution in [1.29, 1.82) is 0 Å².